The summed E-state index contributed by atoms with van der Waals surface area (Å²) in [5, 5.41) is 3.19. The highest BCUT2D eigenvalue weighted by molar-refractivity contribution is 6.33. The molecule has 5 heteroatoms. The molecule has 1 N–H and O–H groups in total. The van der Waals surface area contributed by atoms with Crippen molar-refractivity contribution in [1.82, 2.24) is 0 Å². The van der Waals surface area contributed by atoms with E-state index in [0.29, 0.717) is 29.0 Å². The minimum Gasteiger partial charge on any atom is -0.497 e. The lowest BCUT2D eigenvalue weighted by Gasteiger charge is -2.15. The third-order valence-corrected chi connectivity index (χ3v) is 3.18. The van der Waals surface area contributed by atoms with Crippen molar-refractivity contribution < 1.29 is 14.3 Å². The molecule has 0 heterocycles. The summed E-state index contributed by atoms with van der Waals surface area (Å²) in [5.41, 5.74) is 0.553. The van der Waals surface area contributed by atoms with Crippen molar-refractivity contribution in [2.45, 2.75) is 33.3 Å². The summed E-state index contributed by atoms with van der Waals surface area (Å²) in [6.45, 7) is 6.53. The number of amides is 1. The van der Waals surface area contributed by atoms with Crippen molar-refractivity contribution in [3.05, 3.63) is 23.2 Å². The van der Waals surface area contributed by atoms with Crippen LogP contribution in [0.4, 0.5) is 5.69 Å². The standard InChI is InChI=1S/C15H22ClNO3/c1-10(2)7-8-20-11(3)15(18)17-14-6-5-12(19-4)9-13(14)16/h5-6,9-11H,7-8H2,1-4H3,(H,17,18). The molecule has 0 aliphatic carbocycles. The van der Waals surface area contributed by atoms with Gasteiger partial charge in [-0.3, -0.25) is 4.79 Å². The second-order valence-corrected chi connectivity index (χ2v) is 5.44. The molecule has 0 spiro atoms. The molecule has 1 aromatic carbocycles. The second kappa shape index (κ2) is 8.12. The third-order valence-electron chi connectivity index (χ3n) is 2.87. The number of benzene rings is 1. The summed E-state index contributed by atoms with van der Waals surface area (Å²) in [4.78, 5) is 12.0. The number of nitrogens with one attached hydrogen (secondary N) is 1. The van der Waals surface area contributed by atoms with Gasteiger partial charge >= 0.3 is 0 Å². The number of carbonyl (C=O) groups is 1. The van der Waals surface area contributed by atoms with Gasteiger partial charge in [-0.25, -0.2) is 0 Å². The number of halogens is 1. The molecule has 0 saturated heterocycles. The largest absolute Gasteiger partial charge is 0.497 e. The van der Waals surface area contributed by atoms with Crippen molar-refractivity contribution >= 4 is 23.2 Å². The lowest BCUT2D eigenvalue weighted by atomic mass is 10.1. The van der Waals surface area contributed by atoms with Crippen LogP contribution in [0.3, 0.4) is 0 Å². The van der Waals surface area contributed by atoms with Gasteiger partial charge in [0.2, 0.25) is 0 Å². The summed E-state index contributed by atoms with van der Waals surface area (Å²) in [6, 6.07) is 5.10. The SMILES string of the molecule is COc1ccc(NC(=O)C(C)OCCC(C)C)c(Cl)c1. The Morgan fingerprint density at radius 3 is 2.60 bits per heavy atom. The second-order valence-electron chi connectivity index (χ2n) is 5.03. The maximum absolute atomic E-state index is 12.0. The van der Waals surface area contributed by atoms with E-state index < -0.39 is 6.10 Å². The Morgan fingerprint density at radius 2 is 2.05 bits per heavy atom. The summed E-state index contributed by atoms with van der Waals surface area (Å²) < 4.78 is 10.5. The van der Waals surface area contributed by atoms with E-state index in [9.17, 15) is 4.79 Å². The minimum atomic E-state index is -0.507. The van der Waals surface area contributed by atoms with E-state index in [2.05, 4.69) is 19.2 Å². The van der Waals surface area contributed by atoms with Gasteiger partial charge in [-0.05, 0) is 31.4 Å². The van der Waals surface area contributed by atoms with Gasteiger partial charge in [-0.2, -0.15) is 0 Å². The van der Waals surface area contributed by atoms with E-state index >= 15 is 0 Å². The number of methoxy groups -OCH3 is 1. The highest BCUT2D eigenvalue weighted by Crippen LogP contribution is 2.26. The average molecular weight is 300 g/mol. The van der Waals surface area contributed by atoms with Crippen molar-refractivity contribution in [2.75, 3.05) is 19.0 Å². The first-order chi connectivity index (χ1) is 9.43. The topological polar surface area (TPSA) is 47.6 Å². The molecular weight excluding hydrogens is 278 g/mol. The van der Waals surface area contributed by atoms with Crippen LogP contribution in [0.15, 0.2) is 18.2 Å². The molecule has 1 amide bonds. The first-order valence-electron chi connectivity index (χ1n) is 6.70. The van der Waals surface area contributed by atoms with E-state index in [1.165, 1.54) is 0 Å². The monoisotopic (exact) mass is 299 g/mol. The molecule has 1 unspecified atom stereocenters. The fraction of sp³-hybridized carbons (Fsp3) is 0.533. The fourth-order valence-electron chi connectivity index (χ4n) is 1.51. The summed E-state index contributed by atoms with van der Waals surface area (Å²) in [7, 11) is 1.56. The molecule has 1 rings (SSSR count). The lowest BCUT2D eigenvalue weighted by molar-refractivity contribution is -0.126. The molecule has 20 heavy (non-hydrogen) atoms. The van der Waals surface area contributed by atoms with Gasteiger partial charge in [0.15, 0.2) is 0 Å². The van der Waals surface area contributed by atoms with Crippen LogP contribution in [-0.2, 0) is 9.53 Å². The van der Waals surface area contributed by atoms with Crippen LogP contribution in [0.5, 0.6) is 5.75 Å². The Labute approximate surface area is 125 Å². The molecular formula is C15H22ClNO3. The highest BCUT2D eigenvalue weighted by atomic mass is 35.5. The Kier molecular flexibility index (Phi) is 6.82. The smallest absolute Gasteiger partial charge is 0.253 e. The molecule has 0 aliphatic heterocycles. The van der Waals surface area contributed by atoms with Gasteiger partial charge in [-0.1, -0.05) is 25.4 Å². The molecule has 4 nitrogen and oxygen atoms in total. The third kappa shape index (κ3) is 5.39. The van der Waals surface area contributed by atoms with E-state index in [1.54, 1.807) is 32.2 Å². The number of ether oxygens (including phenoxy) is 2. The summed E-state index contributed by atoms with van der Waals surface area (Å²) in [6.07, 6.45) is 0.424. The highest BCUT2D eigenvalue weighted by Gasteiger charge is 2.15. The van der Waals surface area contributed by atoms with E-state index in [0.717, 1.165) is 6.42 Å². The van der Waals surface area contributed by atoms with E-state index in [4.69, 9.17) is 21.1 Å². The molecule has 1 aromatic rings. The van der Waals surface area contributed by atoms with Crippen molar-refractivity contribution in [1.29, 1.82) is 0 Å². The van der Waals surface area contributed by atoms with Gasteiger partial charge in [0, 0.05) is 12.7 Å². The molecule has 1 atom stereocenters. The maximum Gasteiger partial charge on any atom is 0.253 e. The van der Waals surface area contributed by atoms with Crippen LogP contribution in [0.25, 0.3) is 0 Å². The first-order valence-corrected chi connectivity index (χ1v) is 7.07. The van der Waals surface area contributed by atoms with Crippen LogP contribution in [0.1, 0.15) is 27.2 Å². The zero-order chi connectivity index (χ0) is 15.1. The fourth-order valence-corrected chi connectivity index (χ4v) is 1.73. The number of rotatable bonds is 7. The molecule has 0 radical (unpaired) electrons. The van der Waals surface area contributed by atoms with Gasteiger partial charge in [0.05, 0.1) is 17.8 Å². The van der Waals surface area contributed by atoms with Crippen LogP contribution < -0.4 is 10.1 Å². The molecule has 0 aromatic heterocycles. The van der Waals surface area contributed by atoms with E-state index in [-0.39, 0.29) is 5.91 Å². The number of carbonyl (C=O) groups excluding carboxylic acids is 1. The first kappa shape index (κ1) is 16.8. The average Bonchev–Trinajstić information content (AvgIpc) is 2.40. The predicted molar refractivity (Wildman–Crippen MR) is 81.5 cm³/mol. The molecule has 0 fully saturated rings. The zero-order valence-corrected chi connectivity index (χ0v) is 13.2. The number of hydrogen-bond donors (Lipinski definition) is 1. The van der Waals surface area contributed by atoms with Gasteiger partial charge in [-0.15, -0.1) is 0 Å². The minimum absolute atomic E-state index is 0.208. The molecule has 0 aliphatic rings. The van der Waals surface area contributed by atoms with Crippen LogP contribution in [0, 0.1) is 5.92 Å². The Morgan fingerprint density at radius 1 is 1.35 bits per heavy atom. The summed E-state index contributed by atoms with van der Waals surface area (Å²) in [5.74, 6) is 0.997. The molecule has 0 saturated carbocycles. The van der Waals surface area contributed by atoms with Gasteiger partial charge in [0.25, 0.3) is 5.91 Å². The molecule has 112 valence electrons. The van der Waals surface area contributed by atoms with Gasteiger partial charge < -0.3 is 14.8 Å². The van der Waals surface area contributed by atoms with Gasteiger partial charge in [0.1, 0.15) is 11.9 Å². The van der Waals surface area contributed by atoms with Crippen molar-refractivity contribution in [3.8, 4) is 5.75 Å². The Balaban J connectivity index is 2.52. The van der Waals surface area contributed by atoms with E-state index in [1.807, 2.05) is 0 Å². The normalized spacial score (nSPS) is 12.3. The molecule has 0 bridgehead atoms. The van der Waals surface area contributed by atoms with Crippen LogP contribution in [0.2, 0.25) is 5.02 Å². The zero-order valence-electron chi connectivity index (χ0n) is 12.4. The quantitative estimate of drug-likeness (QED) is 0.834. The predicted octanol–water partition coefficient (Wildman–Crippen LogP) is 3.74. The lowest BCUT2D eigenvalue weighted by Crippen LogP contribution is -2.28. The van der Waals surface area contributed by atoms with Crippen LogP contribution >= 0.6 is 11.6 Å². The Bertz CT molecular complexity index is 449. The maximum atomic E-state index is 12.0. The van der Waals surface area contributed by atoms with Crippen LogP contribution in [-0.4, -0.2) is 25.7 Å². The Hall–Kier alpha value is -1.26. The van der Waals surface area contributed by atoms with Crippen molar-refractivity contribution in [2.24, 2.45) is 5.92 Å². The summed E-state index contributed by atoms with van der Waals surface area (Å²) >= 11 is 6.07. The number of anilines is 1. The number of hydrogen-bond acceptors (Lipinski definition) is 3. The van der Waals surface area contributed by atoms with Crippen molar-refractivity contribution in [3.63, 3.8) is 0 Å².